The summed E-state index contributed by atoms with van der Waals surface area (Å²) < 4.78 is 0. The van der Waals surface area contributed by atoms with Crippen LogP contribution in [0.4, 0.5) is 0 Å². The Bertz CT molecular complexity index is 348. The summed E-state index contributed by atoms with van der Waals surface area (Å²) in [6.45, 7) is 12.6. The van der Waals surface area contributed by atoms with Crippen molar-refractivity contribution in [2.75, 3.05) is 45.8 Å². The normalized spacial score (nSPS) is 24.0. The van der Waals surface area contributed by atoms with Crippen LogP contribution >= 0.6 is 0 Å². The molecule has 2 atom stereocenters. The van der Waals surface area contributed by atoms with Gasteiger partial charge in [-0.1, -0.05) is 20.8 Å². The SMILES string of the molecule is CCC(O)CN1CCN(C(=O)C(C(C)C)N2CCCC2)CC1. The Morgan fingerprint density at radius 3 is 2.14 bits per heavy atom. The third-order valence-corrected chi connectivity index (χ3v) is 5.04. The Hall–Kier alpha value is -0.650. The number of aliphatic hydroxyl groups excluding tert-OH is 1. The number of β-amino-alcohol motifs (C(OH)–C–C–N with tert-alkyl or cyclic N) is 1. The average molecular weight is 311 g/mol. The molecule has 1 amide bonds. The van der Waals surface area contributed by atoms with E-state index < -0.39 is 0 Å². The summed E-state index contributed by atoms with van der Waals surface area (Å²) >= 11 is 0. The number of likely N-dealkylation sites (tertiary alicyclic amines) is 1. The highest BCUT2D eigenvalue weighted by Crippen LogP contribution is 2.20. The van der Waals surface area contributed by atoms with Crippen LogP contribution in [0.2, 0.25) is 0 Å². The van der Waals surface area contributed by atoms with Crippen molar-refractivity contribution in [3.63, 3.8) is 0 Å². The Kier molecular flexibility index (Phi) is 6.66. The molecule has 22 heavy (non-hydrogen) atoms. The monoisotopic (exact) mass is 311 g/mol. The first-order valence-electron chi connectivity index (χ1n) is 8.96. The minimum absolute atomic E-state index is 0.0512. The maximum Gasteiger partial charge on any atom is 0.240 e. The van der Waals surface area contributed by atoms with E-state index in [4.69, 9.17) is 0 Å². The summed E-state index contributed by atoms with van der Waals surface area (Å²) in [5, 5.41) is 9.76. The number of aliphatic hydroxyl groups is 1. The van der Waals surface area contributed by atoms with Crippen LogP contribution in [-0.2, 0) is 4.79 Å². The summed E-state index contributed by atoms with van der Waals surface area (Å²) in [6, 6.07) is 0.0512. The Labute approximate surface area is 135 Å². The lowest BCUT2D eigenvalue weighted by atomic mass is 10.0. The molecule has 0 bridgehead atoms. The Balaban J connectivity index is 1.87. The molecule has 0 aromatic heterocycles. The highest BCUT2D eigenvalue weighted by molar-refractivity contribution is 5.82. The minimum Gasteiger partial charge on any atom is -0.392 e. The molecule has 0 radical (unpaired) electrons. The largest absolute Gasteiger partial charge is 0.392 e. The number of amides is 1. The predicted molar refractivity (Wildman–Crippen MR) is 88.8 cm³/mol. The number of nitrogens with zero attached hydrogens (tertiary/aromatic N) is 3. The lowest BCUT2D eigenvalue weighted by molar-refractivity contribution is -0.140. The van der Waals surface area contributed by atoms with Gasteiger partial charge in [-0.05, 0) is 38.3 Å². The van der Waals surface area contributed by atoms with E-state index >= 15 is 0 Å². The Morgan fingerprint density at radius 2 is 1.64 bits per heavy atom. The Morgan fingerprint density at radius 1 is 1.05 bits per heavy atom. The fourth-order valence-electron chi connectivity index (χ4n) is 3.65. The zero-order valence-corrected chi connectivity index (χ0v) is 14.5. The molecule has 2 unspecified atom stereocenters. The zero-order valence-electron chi connectivity index (χ0n) is 14.5. The molecule has 0 spiro atoms. The first-order chi connectivity index (χ1) is 10.5. The molecule has 2 aliphatic heterocycles. The van der Waals surface area contributed by atoms with Crippen molar-refractivity contribution in [3.8, 4) is 0 Å². The van der Waals surface area contributed by atoms with Crippen LogP contribution in [0.1, 0.15) is 40.0 Å². The van der Waals surface area contributed by atoms with Crippen molar-refractivity contribution in [3.05, 3.63) is 0 Å². The molecule has 2 heterocycles. The van der Waals surface area contributed by atoms with Crippen molar-refractivity contribution in [1.82, 2.24) is 14.7 Å². The minimum atomic E-state index is -0.240. The van der Waals surface area contributed by atoms with E-state index in [1.807, 2.05) is 11.8 Å². The maximum atomic E-state index is 12.9. The van der Waals surface area contributed by atoms with E-state index in [1.165, 1.54) is 12.8 Å². The van der Waals surface area contributed by atoms with E-state index in [1.54, 1.807) is 0 Å². The van der Waals surface area contributed by atoms with Gasteiger partial charge in [0.05, 0.1) is 12.1 Å². The molecule has 0 aromatic carbocycles. The number of hydrogen-bond donors (Lipinski definition) is 1. The van der Waals surface area contributed by atoms with E-state index in [-0.39, 0.29) is 12.1 Å². The highest BCUT2D eigenvalue weighted by atomic mass is 16.3. The summed E-state index contributed by atoms with van der Waals surface area (Å²) in [6.07, 6.45) is 3.00. The van der Waals surface area contributed by atoms with Crippen LogP contribution in [0, 0.1) is 5.92 Å². The molecule has 5 nitrogen and oxygen atoms in total. The second-order valence-corrected chi connectivity index (χ2v) is 7.12. The number of hydrogen-bond acceptors (Lipinski definition) is 4. The first-order valence-corrected chi connectivity index (χ1v) is 8.96. The predicted octanol–water partition coefficient (Wildman–Crippen LogP) is 1.02. The van der Waals surface area contributed by atoms with Crippen LogP contribution in [0.3, 0.4) is 0 Å². The molecular formula is C17H33N3O2. The van der Waals surface area contributed by atoms with Gasteiger partial charge in [-0.25, -0.2) is 0 Å². The van der Waals surface area contributed by atoms with Gasteiger partial charge in [0.15, 0.2) is 0 Å². The fourth-order valence-corrected chi connectivity index (χ4v) is 3.65. The van der Waals surface area contributed by atoms with Gasteiger partial charge >= 0.3 is 0 Å². The molecule has 2 fully saturated rings. The van der Waals surface area contributed by atoms with Gasteiger partial charge in [-0.3, -0.25) is 14.6 Å². The maximum absolute atomic E-state index is 12.9. The summed E-state index contributed by atoms with van der Waals surface area (Å²) in [5.74, 6) is 0.679. The molecule has 0 aromatic rings. The van der Waals surface area contributed by atoms with Gasteiger partial charge in [0.1, 0.15) is 0 Å². The summed E-state index contributed by atoms with van der Waals surface area (Å²) in [4.78, 5) is 19.6. The fraction of sp³-hybridized carbons (Fsp3) is 0.941. The first kappa shape index (κ1) is 17.7. The van der Waals surface area contributed by atoms with Crippen LogP contribution in [0.5, 0.6) is 0 Å². The van der Waals surface area contributed by atoms with Gasteiger partial charge in [-0.15, -0.1) is 0 Å². The molecule has 0 saturated carbocycles. The second-order valence-electron chi connectivity index (χ2n) is 7.12. The lowest BCUT2D eigenvalue weighted by Crippen LogP contribution is -2.56. The second kappa shape index (κ2) is 8.27. The van der Waals surface area contributed by atoms with Gasteiger partial charge in [0.2, 0.25) is 5.91 Å². The third-order valence-electron chi connectivity index (χ3n) is 5.04. The number of rotatable bonds is 6. The standard InChI is InChI=1S/C17H33N3O2/c1-4-15(21)13-18-9-11-20(12-10-18)17(22)16(14(2)3)19-7-5-6-8-19/h14-16,21H,4-13H2,1-3H3. The molecule has 2 rings (SSSR count). The van der Waals surface area contributed by atoms with Crippen LogP contribution in [0.15, 0.2) is 0 Å². The third kappa shape index (κ3) is 4.43. The number of piperazine rings is 1. The van der Waals surface area contributed by atoms with Crippen molar-refractivity contribution in [1.29, 1.82) is 0 Å². The number of carbonyl (C=O) groups excluding carboxylic acids is 1. The smallest absolute Gasteiger partial charge is 0.240 e. The summed E-state index contributed by atoms with van der Waals surface area (Å²) in [7, 11) is 0. The molecular weight excluding hydrogens is 278 g/mol. The van der Waals surface area contributed by atoms with Crippen molar-refractivity contribution >= 4 is 5.91 Å². The van der Waals surface area contributed by atoms with Crippen LogP contribution < -0.4 is 0 Å². The van der Waals surface area contributed by atoms with Crippen molar-refractivity contribution < 1.29 is 9.90 Å². The van der Waals surface area contributed by atoms with E-state index in [0.717, 1.165) is 52.2 Å². The molecule has 0 aliphatic carbocycles. The molecule has 5 heteroatoms. The van der Waals surface area contributed by atoms with Crippen molar-refractivity contribution in [2.24, 2.45) is 5.92 Å². The van der Waals surface area contributed by atoms with Gasteiger partial charge in [0.25, 0.3) is 0 Å². The molecule has 128 valence electrons. The zero-order chi connectivity index (χ0) is 16.1. The molecule has 2 saturated heterocycles. The van der Waals surface area contributed by atoms with Crippen LogP contribution in [0.25, 0.3) is 0 Å². The van der Waals surface area contributed by atoms with E-state index in [2.05, 4.69) is 23.6 Å². The van der Waals surface area contributed by atoms with Gasteiger partial charge in [-0.2, -0.15) is 0 Å². The van der Waals surface area contributed by atoms with E-state index in [9.17, 15) is 9.90 Å². The van der Waals surface area contributed by atoms with Crippen LogP contribution in [-0.4, -0.2) is 83.7 Å². The quantitative estimate of drug-likeness (QED) is 0.796. The topological polar surface area (TPSA) is 47.0 Å². The lowest BCUT2D eigenvalue weighted by Gasteiger charge is -2.39. The number of carbonyl (C=O) groups is 1. The van der Waals surface area contributed by atoms with Gasteiger partial charge < -0.3 is 10.0 Å². The molecule has 2 aliphatic rings. The van der Waals surface area contributed by atoms with Crippen molar-refractivity contribution in [2.45, 2.75) is 52.2 Å². The average Bonchev–Trinajstić information content (AvgIpc) is 3.01. The molecule has 1 N–H and O–H groups in total. The highest BCUT2D eigenvalue weighted by Gasteiger charge is 2.34. The van der Waals surface area contributed by atoms with Gasteiger partial charge in [0, 0.05) is 32.7 Å². The summed E-state index contributed by atoms with van der Waals surface area (Å²) in [5.41, 5.74) is 0. The van der Waals surface area contributed by atoms with E-state index in [0.29, 0.717) is 11.8 Å².